The molecular formula is C16H14N4O3. The van der Waals surface area contributed by atoms with Crippen molar-refractivity contribution in [3.05, 3.63) is 48.4 Å². The van der Waals surface area contributed by atoms with Crippen LogP contribution in [-0.4, -0.2) is 33.2 Å². The molecule has 7 heteroatoms. The number of para-hydroxylation sites is 2. The van der Waals surface area contributed by atoms with Crippen LogP contribution in [0.5, 0.6) is 11.5 Å². The van der Waals surface area contributed by atoms with Crippen molar-refractivity contribution >= 4 is 17.2 Å². The number of aromatic nitrogens is 3. The SMILES string of the molecule is Cc1nnc2c(NC(=O)[C@H]3COc4ccccc4O3)cccn12. The summed E-state index contributed by atoms with van der Waals surface area (Å²) in [6.07, 6.45) is 1.13. The van der Waals surface area contributed by atoms with Gasteiger partial charge in [-0.15, -0.1) is 10.2 Å². The molecule has 4 rings (SSSR count). The van der Waals surface area contributed by atoms with Crippen molar-refractivity contribution in [2.75, 3.05) is 11.9 Å². The summed E-state index contributed by atoms with van der Waals surface area (Å²) in [5.74, 6) is 1.68. The highest BCUT2D eigenvalue weighted by molar-refractivity contribution is 5.97. The zero-order valence-electron chi connectivity index (χ0n) is 12.4. The number of ether oxygens (including phenoxy) is 2. The van der Waals surface area contributed by atoms with Crippen molar-refractivity contribution in [2.45, 2.75) is 13.0 Å². The Morgan fingerprint density at radius 3 is 2.91 bits per heavy atom. The summed E-state index contributed by atoms with van der Waals surface area (Å²) in [7, 11) is 0. The number of benzene rings is 1. The van der Waals surface area contributed by atoms with Gasteiger partial charge in [-0.05, 0) is 31.2 Å². The Kier molecular flexibility index (Phi) is 3.11. The Balaban J connectivity index is 1.56. The van der Waals surface area contributed by atoms with Gasteiger partial charge in [-0.25, -0.2) is 0 Å². The molecule has 1 atom stereocenters. The van der Waals surface area contributed by atoms with Gasteiger partial charge in [-0.1, -0.05) is 12.1 Å². The number of hydrogen-bond acceptors (Lipinski definition) is 5. The van der Waals surface area contributed by atoms with Crippen molar-refractivity contribution in [3.8, 4) is 11.5 Å². The Hall–Kier alpha value is -3.09. The number of rotatable bonds is 2. The van der Waals surface area contributed by atoms with E-state index in [1.807, 2.05) is 41.8 Å². The number of hydrogen-bond donors (Lipinski definition) is 1. The summed E-state index contributed by atoms with van der Waals surface area (Å²) in [5, 5.41) is 10.9. The number of anilines is 1. The normalized spacial score (nSPS) is 16.3. The van der Waals surface area contributed by atoms with E-state index in [-0.39, 0.29) is 12.5 Å². The molecule has 3 aromatic rings. The number of nitrogens with zero attached hydrogens (tertiary/aromatic N) is 3. The van der Waals surface area contributed by atoms with Crippen molar-refractivity contribution < 1.29 is 14.3 Å². The lowest BCUT2D eigenvalue weighted by molar-refractivity contribution is -0.125. The van der Waals surface area contributed by atoms with Crippen molar-refractivity contribution in [3.63, 3.8) is 0 Å². The smallest absolute Gasteiger partial charge is 0.269 e. The van der Waals surface area contributed by atoms with E-state index < -0.39 is 6.10 Å². The van der Waals surface area contributed by atoms with Crippen LogP contribution in [0.25, 0.3) is 5.65 Å². The monoisotopic (exact) mass is 310 g/mol. The Labute approximate surface area is 131 Å². The second-order valence-electron chi connectivity index (χ2n) is 5.22. The summed E-state index contributed by atoms with van der Waals surface area (Å²) in [6.45, 7) is 2.01. The van der Waals surface area contributed by atoms with E-state index in [1.54, 1.807) is 12.1 Å². The maximum absolute atomic E-state index is 12.5. The molecule has 0 saturated heterocycles. The quantitative estimate of drug-likeness (QED) is 0.781. The van der Waals surface area contributed by atoms with Gasteiger partial charge in [0.1, 0.15) is 12.4 Å². The zero-order valence-corrected chi connectivity index (χ0v) is 12.4. The minimum absolute atomic E-state index is 0.164. The first-order chi connectivity index (χ1) is 11.2. The van der Waals surface area contributed by atoms with E-state index in [0.717, 1.165) is 5.82 Å². The van der Waals surface area contributed by atoms with E-state index >= 15 is 0 Å². The molecule has 1 N–H and O–H groups in total. The lowest BCUT2D eigenvalue weighted by atomic mass is 10.2. The first kappa shape index (κ1) is 13.6. The number of aryl methyl sites for hydroxylation is 1. The molecule has 1 aromatic carbocycles. The van der Waals surface area contributed by atoms with Gasteiger partial charge in [0.25, 0.3) is 5.91 Å². The van der Waals surface area contributed by atoms with Crippen LogP contribution < -0.4 is 14.8 Å². The molecule has 3 heterocycles. The van der Waals surface area contributed by atoms with Gasteiger partial charge in [0.15, 0.2) is 17.1 Å². The first-order valence-electron chi connectivity index (χ1n) is 7.22. The third kappa shape index (κ3) is 2.36. The van der Waals surface area contributed by atoms with Gasteiger partial charge in [0, 0.05) is 6.20 Å². The third-order valence-corrected chi connectivity index (χ3v) is 3.66. The van der Waals surface area contributed by atoms with E-state index in [4.69, 9.17) is 9.47 Å². The lowest BCUT2D eigenvalue weighted by Gasteiger charge is -2.25. The zero-order chi connectivity index (χ0) is 15.8. The molecule has 7 nitrogen and oxygen atoms in total. The maximum Gasteiger partial charge on any atom is 0.269 e. The highest BCUT2D eigenvalue weighted by atomic mass is 16.6. The number of pyridine rings is 1. The molecule has 0 aliphatic carbocycles. The van der Waals surface area contributed by atoms with E-state index in [0.29, 0.717) is 22.8 Å². The van der Waals surface area contributed by atoms with Crippen LogP contribution in [0, 0.1) is 6.92 Å². The molecule has 0 spiro atoms. The summed E-state index contributed by atoms with van der Waals surface area (Å²) in [6, 6.07) is 10.9. The van der Waals surface area contributed by atoms with E-state index in [9.17, 15) is 4.79 Å². The molecule has 1 aliphatic rings. The second-order valence-corrected chi connectivity index (χ2v) is 5.22. The molecule has 1 aliphatic heterocycles. The van der Waals surface area contributed by atoms with Gasteiger partial charge in [-0.2, -0.15) is 0 Å². The largest absolute Gasteiger partial charge is 0.485 e. The number of carbonyl (C=O) groups is 1. The number of carbonyl (C=O) groups excluding carboxylic acids is 1. The Morgan fingerprint density at radius 1 is 1.22 bits per heavy atom. The van der Waals surface area contributed by atoms with Crippen LogP contribution in [-0.2, 0) is 4.79 Å². The summed E-state index contributed by atoms with van der Waals surface area (Å²) in [4.78, 5) is 12.5. The van der Waals surface area contributed by atoms with Crippen LogP contribution >= 0.6 is 0 Å². The fraction of sp³-hybridized carbons (Fsp3) is 0.188. The Bertz CT molecular complexity index is 890. The maximum atomic E-state index is 12.5. The molecule has 0 unspecified atom stereocenters. The molecule has 2 aromatic heterocycles. The van der Waals surface area contributed by atoms with E-state index in [2.05, 4.69) is 15.5 Å². The standard InChI is InChI=1S/C16H14N4O3/c1-10-18-19-15-11(5-4-8-20(10)15)17-16(21)14-9-22-12-6-2-3-7-13(12)23-14/h2-8,14H,9H2,1H3,(H,17,21)/t14-/m1/s1. The molecule has 0 radical (unpaired) electrons. The van der Waals surface area contributed by atoms with Crippen molar-refractivity contribution in [1.29, 1.82) is 0 Å². The first-order valence-corrected chi connectivity index (χ1v) is 7.22. The number of nitrogens with one attached hydrogen (secondary N) is 1. The van der Waals surface area contributed by atoms with Crippen LogP contribution in [0.4, 0.5) is 5.69 Å². The Morgan fingerprint density at radius 2 is 2.04 bits per heavy atom. The van der Waals surface area contributed by atoms with Crippen LogP contribution in [0.1, 0.15) is 5.82 Å². The number of fused-ring (bicyclic) bond motifs is 2. The molecule has 0 fully saturated rings. The minimum Gasteiger partial charge on any atom is -0.485 e. The average Bonchev–Trinajstić information content (AvgIpc) is 2.97. The lowest BCUT2D eigenvalue weighted by Crippen LogP contribution is -2.40. The van der Waals surface area contributed by atoms with Gasteiger partial charge in [-0.3, -0.25) is 9.20 Å². The van der Waals surface area contributed by atoms with Gasteiger partial charge in [0.2, 0.25) is 6.10 Å². The van der Waals surface area contributed by atoms with Gasteiger partial charge < -0.3 is 14.8 Å². The van der Waals surface area contributed by atoms with Crippen molar-refractivity contribution in [1.82, 2.24) is 14.6 Å². The molecule has 116 valence electrons. The predicted molar refractivity (Wildman–Crippen MR) is 82.7 cm³/mol. The van der Waals surface area contributed by atoms with Gasteiger partial charge in [0.05, 0.1) is 5.69 Å². The highest BCUT2D eigenvalue weighted by Gasteiger charge is 2.27. The summed E-state index contributed by atoms with van der Waals surface area (Å²) >= 11 is 0. The van der Waals surface area contributed by atoms with Crippen LogP contribution in [0.2, 0.25) is 0 Å². The fourth-order valence-electron chi connectivity index (χ4n) is 2.49. The topological polar surface area (TPSA) is 77.8 Å². The average molecular weight is 310 g/mol. The second kappa shape index (κ2) is 5.28. The third-order valence-electron chi connectivity index (χ3n) is 3.66. The highest BCUT2D eigenvalue weighted by Crippen LogP contribution is 2.31. The molecule has 0 saturated carbocycles. The molecule has 23 heavy (non-hydrogen) atoms. The van der Waals surface area contributed by atoms with Crippen molar-refractivity contribution in [2.24, 2.45) is 0 Å². The molecular weight excluding hydrogens is 296 g/mol. The number of amides is 1. The van der Waals surface area contributed by atoms with Crippen LogP contribution in [0.15, 0.2) is 42.6 Å². The minimum atomic E-state index is -0.714. The summed E-state index contributed by atoms with van der Waals surface area (Å²) < 4.78 is 13.1. The summed E-state index contributed by atoms with van der Waals surface area (Å²) in [5.41, 5.74) is 1.18. The molecule has 0 bridgehead atoms. The van der Waals surface area contributed by atoms with Crippen LogP contribution in [0.3, 0.4) is 0 Å². The predicted octanol–water partition coefficient (Wildman–Crippen LogP) is 1.82. The fourth-order valence-corrected chi connectivity index (χ4v) is 2.49. The molecule has 1 amide bonds. The van der Waals surface area contributed by atoms with E-state index in [1.165, 1.54) is 0 Å². The van der Waals surface area contributed by atoms with Gasteiger partial charge >= 0.3 is 0 Å².